The molecule has 2 aromatic carbocycles. The van der Waals surface area contributed by atoms with Crippen LogP contribution in [0.2, 0.25) is 0 Å². The standard InChI is InChI=1S/C25H26N4O4S2/c1-17-7-8-18(2)21(14-17)29(35(4,31)32)15-19-9-11-20(12-10-19)25(30)28(3)16-23-26-24(27-33-23)22-6-5-13-34-22/h5-14H,15-16H2,1-4H3. The van der Waals surface area contributed by atoms with Gasteiger partial charge in [0.15, 0.2) is 0 Å². The van der Waals surface area contributed by atoms with Gasteiger partial charge in [-0.3, -0.25) is 9.10 Å². The van der Waals surface area contributed by atoms with Gasteiger partial charge in [-0.15, -0.1) is 11.3 Å². The van der Waals surface area contributed by atoms with Gasteiger partial charge >= 0.3 is 0 Å². The maximum atomic E-state index is 12.9. The lowest BCUT2D eigenvalue weighted by atomic mass is 10.1. The number of hydrogen-bond acceptors (Lipinski definition) is 7. The van der Waals surface area contributed by atoms with E-state index >= 15 is 0 Å². The first-order chi connectivity index (χ1) is 16.6. The van der Waals surface area contributed by atoms with Gasteiger partial charge in [0.25, 0.3) is 5.91 Å². The third-order valence-corrected chi connectivity index (χ3v) is 7.48. The summed E-state index contributed by atoms with van der Waals surface area (Å²) < 4.78 is 31.8. The van der Waals surface area contributed by atoms with E-state index in [2.05, 4.69) is 10.1 Å². The van der Waals surface area contributed by atoms with E-state index in [1.807, 2.05) is 49.6 Å². The third-order valence-electron chi connectivity index (χ3n) is 5.49. The van der Waals surface area contributed by atoms with Gasteiger partial charge in [-0.05, 0) is 60.2 Å². The molecule has 10 heteroatoms. The first-order valence-electron chi connectivity index (χ1n) is 10.9. The van der Waals surface area contributed by atoms with Gasteiger partial charge in [-0.1, -0.05) is 35.5 Å². The fourth-order valence-electron chi connectivity index (χ4n) is 3.61. The minimum atomic E-state index is -3.51. The van der Waals surface area contributed by atoms with Gasteiger partial charge in [0, 0.05) is 12.6 Å². The van der Waals surface area contributed by atoms with Gasteiger partial charge in [0.2, 0.25) is 21.7 Å². The fourth-order valence-corrected chi connectivity index (χ4v) is 5.19. The van der Waals surface area contributed by atoms with Crippen molar-refractivity contribution in [2.24, 2.45) is 0 Å². The monoisotopic (exact) mass is 510 g/mol. The number of benzene rings is 2. The number of aryl methyl sites for hydroxylation is 2. The summed E-state index contributed by atoms with van der Waals surface area (Å²) in [5.74, 6) is 0.639. The van der Waals surface area contributed by atoms with E-state index in [0.29, 0.717) is 23.0 Å². The second-order valence-corrected chi connectivity index (χ2v) is 11.3. The van der Waals surface area contributed by atoms with Gasteiger partial charge < -0.3 is 9.42 Å². The molecule has 0 aliphatic rings. The average molecular weight is 511 g/mol. The van der Waals surface area contributed by atoms with Gasteiger partial charge in [0.05, 0.1) is 29.9 Å². The summed E-state index contributed by atoms with van der Waals surface area (Å²) in [6.07, 6.45) is 1.20. The molecule has 0 spiro atoms. The van der Waals surface area contributed by atoms with Crippen LogP contribution >= 0.6 is 11.3 Å². The molecular weight excluding hydrogens is 484 g/mol. The van der Waals surface area contributed by atoms with Crippen LogP contribution in [0.3, 0.4) is 0 Å². The van der Waals surface area contributed by atoms with Crippen molar-refractivity contribution in [2.75, 3.05) is 17.6 Å². The molecule has 0 aliphatic heterocycles. The summed E-state index contributed by atoms with van der Waals surface area (Å²) in [5.41, 5.74) is 3.75. The predicted molar refractivity (Wildman–Crippen MR) is 137 cm³/mol. The summed E-state index contributed by atoms with van der Waals surface area (Å²) in [6, 6.07) is 16.5. The van der Waals surface area contributed by atoms with E-state index in [1.165, 1.54) is 26.8 Å². The fraction of sp³-hybridized carbons (Fsp3) is 0.240. The molecule has 0 radical (unpaired) electrons. The van der Waals surface area contributed by atoms with Crippen molar-refractivity contribution in [3.8, 4) is 10.7 Å². The molecule has 0 N–H and O–H groups in total. The first-order valence-corrected chi connectivity index (χ1v) is 13.6. The molecule has 4 rings (SSSR count). The van der Waals surface area contributed by atoms with Crippen LogP contribution in [0.4, 0.5) is 5.69 Å². The zero-order valence-corrected chi connectivity index (χ0v) is 21.6. The lowest BCUT2D eigenvalue weighted by Crippen LogP contribution is -2.30. The van der Waals surface area contributed by atoms with Crippen LogP contribution in [0, 0.1) is 13.8 Å². The van der Waals surface area contributed by atoms with Crippen LogP contribution < -0.4 is 4.31 Å². The number of thiophene rings is 1. The molecule has 182 valence electrons. The Kier molecular flexibility index (Phi) is 7.04. The van der Waals surface area contributed by atoms with Gasteiger partial charge in [0.1, 0.15) is 0 Å². The summed E-state index contributed by atoms with van der Waals surface area (Å²) in [6.45, 7) is 4.16. The lowest BCUT2D eigenvalue weighted by molar-refractivity contribution is 0.0769. The molecular formula is C25H26N4O4S2. The Labute approximate surface area is 208 Å². The zero-order chi connectivity index (χ0) is 25.2. The van der Waals surface area contributed by atoms with E-state index in [9.17, 15) is 13.2 Å². The highest BCUT2D eigenvalue weighted by molar-refractivity contribution is 7.92. The minimum Gasteiger partial charge on any atom is -0.337 e. The molecule has 0 fully saturated rings. The van der Waals surface area contributed by atoms with Crippen molar-refractivity contribution >= 4 is 33.0 Å². The highest BCUT2D eigenvalue weighted by atomic mass is 32.2. The first kappa shape index (κ1) is 24.6. The van der Waals surface area contributed by atoms with E-state index in [4.69, 9.17) is 4.52 Å². The molecule has 0 unspecified atom stereocenters. The number of aromatic nitrogens is 2. The molecule has 0 aliphatic carbocycles. The van der Waals surface area contributed by atoms with Crippen LogP contribution in [0.15, 0.2) is 64.5 Å². The molecule has 0 saturated carbocycles. The van der Waals surface area contributed by atoms with Crippen molar-refractivity contribution in [2.45, 2.75) is 26.9 Å². The molecule has 0 bridgehead atoms. The van der Waals surface area contributed by atoms with Gasteiger partial charge in [-0.25, -0.2) is 8.42 Å². The van der Waals surface area contributed by atoms with Crippen LogP contribution in [0.25, 0.3) is 10.7 Å². The Hall–Kier alpha value is -3.50. The number of nitrogens with zero attached hydrogens (tertiary/aromatic N) is 4. The molecule has 2 aromatic heterocycles. The summed E-state index contributed by atoms with van der Waals surface area (Å²) in [7, 11) is -1.84. The molecule has 1 amide bonds. The normalized spacial score (nSPS) is 11.4. The number of carbonyl (C=O) groups excluding carboxylic acids is 1. The molecule has 4 aromatic rings. The molecule has 35 heavy (non-hydrogen) atoms. The quantitative estimate of drug-likeness (QED) is 0.342. The third kappa shape index (κ3) is 5.77. The summed E-state index contributed by atoms with van der Waals surface area (Å²) >= 11 is 1.51. The van der Waals surface area contributed by atoms with E-state index < -0.39 is 10.0 Å². The Morgan fingerprint density at radius 2 is 1.80 bits per heavy atom. The molecule has 8 nitrogen and oxygen atoms in total. The smallest absolute Gasteiger partial charge is 0.254 e. The van der Waals surface area contributed by atoms with Crippen molar-refractivity contribution in [3.63, 3.8) is 0 Å². The van der Waals surface area contributed by atoms with Crippen LogP contribution in [-0.4, -0.2) is 42.7 Å². The zero-order valence-electron chi connectivity index (χ0n) is 19.9. The highest BCUT2D eigenvalue weighted by Crippen LogP contribution is 2.26. The Morgan fingerprint density at radius 3 is 2.46 bits per heavy atom. The highest BCUT2D eigenvalue weighted by Gasteiger charge is 2.21. The average Bonchev–Trinajstić information content (AvgIpc) is 3.50. The Bertz CT molecular complexity index is 1430. The topological polar surface area (TPSA) is 96.6 Å². The lowest BCUT2D eigenvalue weighted by Gasteiger charge is -2.25. The van der Waals surface area contributed by atoms with E-state index in [0.717, 1.165) is 21.6 Å². The van der Waals surface area contributed by atoms with Crippen molar-refractivity contribution in [3.05, 3.63) is 88.1 Å². The van der Waals surface area contributed by atoms with Crippen LogP contribution in [-0.2, 0) is 23.1 Å². The largest absolute Gasteiger partial charge is 0.337 e. The number of sulfonamides is 1. The molecule has 0 atom stereocenters. The SMILES string of the molecule is Cc1ccc(C)c(N(Cc2ccc(C(=O)N(C)Cc3nc(-c4cccs4)no3)cc2)S(C)(=O)=O)c1. The molecule has 0 saturated heterocycles. The van der Waals surface area contributed by atoms with E-state index in [1.54, 1.807) is 31.3 Å². The summed E-state index contributed by atoms with van der Waals surface area (Å²) in [5, 5.41) is 5.90. The maximum Gasteiger partial charge on any atom is 0.254 e. The minimum absolute atomic E-state index is 0.168. The van der Waals surface area contributed by atoms with Crippen LogP contribution in [0.5, 0.6) is 0 Å². The number of amides is 1. The Balaban J connectivity index is 1.46. The number of hydrogen-bond donors (Lipinski definition) is 0. The summed E-state index contributed by atoms with van der Waals surface area (Å²) in [4.78, 5) is 19.7. The van der Waals surface area contributed by atoms with Crippen molar-refractivity contribution in [1.82, 2.24) is 15.0 Å². The Morgan fingerprint density at radius 1 is 1.06 bits per heavy atom. The van der Waals surface area contributed by atoms with Crippen molar-refractivity contribution in [1.29, 1.82) is 0 Å². The second-order valence-electron chi connectivity index (χ2n) is 8.41. The van der Waals surface area contributed by atoms with Crippen molar-refractivity contribution < 1.29 is 17.7 Å². The van der Waals surface area contributed by atoms with Crippen LogP contribution in [0.1, 0.15) is 32.9 Å². The predicted octanol–water partition coefficient (Wildman–Crippen LogP) is 4.65. The van der Waals surface area contributed by atoms with Gasteiger partial charge in [-0.2, -0.15) is 4.98 Å². The number of rotatable bonds is 8. The molecule has 2 heterocycles. The van der Waals surface area contributed by atoms with E-state index in [-0.39, 0.29) is 19.0 Å². The maximum absolute atomic E-state index is 12.9. The second kappa shape index (κ2) is 10.0. The number of carbonyl (C=O) groups is 1. The number of anilines is 1.